The first-order chi connectivity index (χ1) is 9.11. The van der Waals surface area contributed by atoms with E-state index >= 15 is 0 Å². The zero-order chi connectivity index (χ0) is 13.8. The molecule has 0 saturated carbocycles. The van der Waals surface area contributed by atoms with Crippen LogP contribution in [-0.4, -0.2) is 12.1 Å². The lowest BCUT2D eigenvalue weighted by molar-refractivity contribution is 0.386. The Balaban J connectivity index is 2.20. The van der Waals surface area contributed by atoms with Gasteiger partial charge < -0.3 is 4.74 Å². The lowest BCUT2D eigenvalue weighted by atomic mass is 10.0. The topological polar surface area (TPSA) is 22.1 Å². The minimum atomic E-state index is -0.405. The number of hydrogen-bond acceptors (Lipinski definition) is 2. The standard InChI is InChI=1S/C14H12Cl2FNO/c1-19-14-7-9(2-3-13(14)17)11(15)6-10-4-5-18-8-12(10)16/h2-5,7-8,11H,6H2,1H3. The number of methoxy groups -OCH3 is 1. The minimum Gasteiger partial charge on any atom is -0.494 e. The Labute approximate surface area is 121 Å². The predicted octanol–water partition coefficient (Wildman–Crippen LogP) is 4.41. The number of aromatic nitrogens is 1. The average Bonchev–Trinajstić information content (AvgIpc) is 2.42. The van der Waals surface area contributed by atoms with Gasteiger partial charge in [-0.05, 0) is 35.7 Å². The third kappa shape index (κ3) is 3.37. The fraction of sp³-hybridized carbons (Fsp3) is 0.214. The molecule has 1 heterocycles. The Bertz CT molecular complexity index is 577. The molecule has 0 spiro atoms. The van der Waals surface area contributed by atoms with Crippen LogP contribution in [0.15, 0.2) is 36.7 Å². The molecule has 2 aromatic rings. The summed E-state index contributed by atoms with van der Waals surface area (Å²) in [6.45, 7) is 0. The molecule has 2 rings (SSSR count). The maximum atomic E-state index is 13.3. The summed E-state index contributed by atoms with van der Waals surface area (Å²) in [5.41, 5.74) is 1.69. The second-order valence-corrected chi connectivity index (χ2v) is 4.97. The van der Waals surface area contributed by atoms with Crippen molar-refractivity contribution in [1.82, 2.24) is 4.98 Å². The molecule has 0 N–H and O–H groups in total. The number of hydrogen-bond donors (Lipinski definition) is 0. The second-order valence-electron chi connectivity index (χ2n) is 4.03. The highest BCUT2D eigenvalue weighted by atomic mass is 35.5. The molecule has 0 fully saturated rings. The van der Waals surface area contributed by atoms with Gasteiger partial charge in [0.25, 0.3) is 0 Å². The molecule has 0 aliphatic rings. The van der Waals surface area contributed by atoms with Crippen LogP contribution in [0.3, 0.4) is 0 Å². The van der Waals surface area contributed by atoms with Crippen molar-refractivity contribution in [3.8, 4) is 5.75 Å². The average molecular weight is 300 g/mol. The largest absolute Gasteiger partial charge is 0.494 e. The van der Waals surface area contributed by atoms with Gasteiger partial charge in [0.15, 0.2) is 11.6 Å². The van der Waals surface area contributed by atoms with Crippen molar-refractivity contribution in [1.29, 1.82) is 0 Å². The first-order valence-corrected chi connectivity index (χ1v) is 6.49. The maximum Gasteiger partial charge on any atom is 0.165 e. The highest BCUT2D eigenvalue weighted by molar-refractivity contribution is 6.31. The molecule has 0 amide bonds. The van der Waals surface area contributed by atoms with Crippen molar-refractivity contribution in [2.45, 2.75) is 11.8 Å². The summed E-state index contributed by atoms with van der Waals surface area (Å²) in [4.78, 5) is 3.92. The molecule has 0 aliphatic heterocycles. The van der Waals surface area contributed by atoms with Crippen LogP contribution in [0, 0.1) is 5.82 Å². The van der Waals surface area contributed by atoms with Crippen LogP contribution in [0.4, 0.5) is 4.39 Å². The molecular weight excluding hydrogens is 288 g/mol. The molecule has 1 aromatic carbocycles. The molecular formula is C14H12Cl2FNO. The monoisotopic (exact) mass is 299 g/mol. The number of ether oxygens (including phenoxy) is 1. The molecule has 0 aliphatic carbocycles. The molecule has 1 aromatic heterocycles. The van der Waals surface area contributed by atoms with Gasteiger partial charge in [-0.3, -0.25) is 4.98 Å². The second kappa shape index (κ2) is 6.22. The van der Waals surface area contributed by atoms with Gasteiger partial charge in [0.05, 0.1) is 17.5 Å². The summed E-state index contributed by atoms with van der Waals surface area (Å²) < 4.78 is 18.3. The number of nitrogens with zero attached hydrogens (tertiary/aromatic N) is 1. The lowest BCUT2D eigenvalue weighted by Crippen LogP contribution is -1.99. The summed E-state index contributed by atoms with van der Waals surface area (Å²) in [5.74, 6) is -0.221. The minimum absolute atomic E-state index is 0.184. The first kappa shape index (κ1) is 14.1. The van der Waals surface area contributed by atoms with Crippen molar-refractivity contribution in [3.05, 3.63) is 58.6 Å². The zero-order valence-electron chi connectivity index (χ0n) is 10.2. The Morgan fingerprint density at radius 2 is 2.16 bits per heavy atom. The van der Waals surface area contributed by atoms with Crippen molar-refractivity contribution in [2.24, 2.45) is 0 Å². The van der Waals surface area contributed by atoms with Crippen LogP contribution in [0.25, 0.3) is 0 Å². The summed E-state index contributed by atoms with van der Waals surface area (Å²) >= 11 is 12.4. The molecule has 19 heavy (non-hydrogen) atoms. The number of benzene rings is 1. The Morgan fingerprint density at radius 1 is 1.37 bits per heavy atom. The van der Waals surface area contributed by atoms with E-state index in [1.165, 1.54) is 13.2 Å². The van der Waals surface area contributed by atoms with Crippen molar-refractivity contribution < 1.29 is 9.13 Å². The number of alkyl halides is 1. The number of halogens is 3. The van der Waals surface area contributed by atoms with E-state index in [-0.39, 0.29) is 11.1 Å². The van der Waals surface area contributed by atoms with Gasteiger partial charge in [0.1, 0.15) is 0 Å². The Hall–Kier alpha value is -1.32. The highest BCUT2D eigenvalue weighted by Crippen LogP contribution is 2.30. The maximum absolute atomic E-state index is 13.3. The number of rotatable bonds is 4. The third-order valence-corrected chi connectivity index (χ3v) is 3.54. The smallest absolute Gasteiger partial charge is 0.165 e. The normalized spacial score (nSPS) is 12.2. The van der Waals surface area contributed by atoms with Crippen LogP contribution in [-0.2, 0) is 6.42 Å². The Kier molecular flexibility index (Phi) is 4.61. The quantitative estimate of drug-likeness (QED) is 0.780. The van der Waals surface area contributed by atoms with E-state index in [2.05, 4.69) is 4.98 Å². The van der Waals surface area contributed by atoms with E-state index in [4.69, 9.17) is 27.9 Å². The fourth-order valence-corrected chi connectivity index (χ4v) is 2.25. The van der Waals surface area contributed by atoms with Crippen LogP contribution in [0.2, 0.25) is 5.02 Å². The molecule has 0 bridgehead atoms. The Morgan fingerprint density at radius 3 is 2.84 bits per heavy atom. The van der Waals surface area contributed by atoms with Crippen LogP contribution < -0.4 is 4.74 Å². The molecule has 5 heteroatoms. The summed E-state index contributed by atoms with van der Waals surface area (Å²) in [6.07, 6.45) is 3.78. The summed E-state index contributed by atoms with van der Waals surface area (Å²) in [5, 5.41) is 0.261. The van der Waals surface area contributed by atoms with Gasteiger partial charge in [-0.25, -0.2) is 4.39 Å². The number of pyridine rings is 1. The van der Waals surface area contributed by atoms with E-state index in [0.717, 1.165) is 11.1 Å². The van der Waals surface area contributed by atoms with Gasteiger partial charge in [-0.2, -0.15) is 0 Å². The van der Waals surface area contributed by atoms with E-state index < -0.39 is 5.82 Å². The third-order valence-electron chi connectivity index (χ3n) is 2.79. The van der Waals surface area contributed by atoms with Crippen LogP contribution in [0.1, 0.15) is 16.5 Å². The lowest BCUT2D eigenvalue weighted by Gasteiger charge is -2.12. The van der Waals surface area contributed by atoms with Crippen molar-refractivity contribution in [3.63, 3.8) is 0 Å². The van der Waals surface area contributed by atoms with Gasteiger partial charge >= 0.3 is 0 Å². The van der Waals surface area contributed by atoms with Gasteiger partial charge in [-0.1, -0.05) is 17.7 Å². The van der Waals surface area contributed by atoms with Gasteiger partial charge in [0.2, 0.25) is 0 Å². The van der Waals surface area contributed by atoms with Crippen LogP contribution >= 0.6 is 23.2 Å². The molecule has 2 nitrogen and oxygen atoms in total. The van der Waals surface area contributed by atoms with Gasteiger partial charge in [0, 0.05) is 12.4 Å². The summed E-state index contributed by atoms with van der Waals surface area (Å²) in [7, 11) is 1.42. The molecule has 1 atom stereocenters. The van der Waals surface area contributed by atoms with Crippen molar-refractivity contribution >= 4 is 23.2 Å². The molecule has 0 radical (unpaired) electrons. The molecule has 0 saturated heterocycles. The molecule has 1 unspecified atom stereocenters. The SMILES string of the molecule is COc1cc(C(Cl)Cc2ccncc2Cl)ccc1F. The van der Waals surface area contributed by atoms with E-state index in [1.807, 2.05) is 6.07 Å². The van der Waals surface area contributed by atoms with Crippen molar-refractivity contribution in [2.75, 3.05) is 7.11 Å². The van der Waals surface area contributed by atoms with E-state index in [9.17, 15) is 4.39 Å². The van der Waals surface area contributed by atoms with Crippen LogP contribution in [0.5, 0.6) is 5.75 Å². The highest BCUT2D eigenvalue weighted by Gasteiger charge is 2.13. The fourth-order valence-electron chi connectivity index (χ4n) is 1.75. The first-order valence-electron chi connectivity index (χ1n) is 5.67. The van der Waals surface area contributed by atoms with Gasteiger partial charge in [-0.15, -0.1) is 11.6 Å². The zero-order valence-corrected chi connectivity index (χ0v) is 11.7. The summed E-state index contributed by atoms with van der Waals surface area (Å²) in [6, 6.07) is 6.41. The molecule has 100 valence electrons. The predicted molar refractivity (Wildman–Crippen MR) is 74.5 cm³/mol. The van der Waals surface area contributed by atoms with E-state index in [0.29, 0.717) is 11.4 Å². The van der Waals surface area contributed by atoms with E-state index in [1.54, 1.807) is 24.5 Å².